The largest absolute Gasteiger partial charge is 0.509 e. The first-order valence-corrected chi connectivity index (χ1v) is 14.5. The van der Waals surface area contributed by atoms with Gasteiger partial charge in [-0.3, -0.25) is 9.59 Å². The molecule has 40 heavy (non-hydrogen) atoms. The summed E-state index contributed by atoms with van der Waals surface area (Å²) in [5, 5.41) is 32.2. The van der Waals surface area contributed by atoms with Crippen LogP contribution in [0.25, 0.3) is 0 Å². The molecule has 3 rings (SSSR count). The minimum atomic E-state index is -1.50. The van der Waals surface area contributed by atoms with Gasteiger partial charge in [0.1, 0.15) is 24.1 Å². The van der Waals surface area contributed by atoms with Gasteiger partial charge in [0.05, 0.1) is 29.8 Å². The number of carbonyl (C=O) groups is 3. The van der Waals surface area contributed by atoms with Gasteiger partial charge in [-0.25, -0.2) is 4.79 Å². The Bertz CT molecular complexity index is 937. The van der Waals surface area contributed by atoms with Crippen molar-refractivity contribution in [1.82, 2.24) is 0 Å². The molecule has 0 saturated carbocycles. The quantitative estimate of drug-likeness (QED) is 0.427. The number of hydrogen-bond donors (Lipinski definition) is 3. The Labute approximate surface area is 236 Å². The molecule has 3 saturated heterocycles. The molecule has 11 heteroatoms. The van der Waals surface area contributed by atoms with Gasteiger partial charge in [-0.1, -0.05) is 34.6 Å². The van der Waals surface area contributed by atoms with Crippen molar-refractivity contribution < 1.29 is 53.4 Å². The summed E-state index contributed by atoms with van der Waals surface area (Å²) in [6.07, 6.45) is -6.81. The smallest absolute Gasteiger partial charge is 0.462 e. The minimum absolute atomic E-state index is 0.0635. The van der Waals surface area contributed by atoms with Crippen LogP contribution in [0.2, 0.25) is 0 Å². The van der Waals surface area contributed by atoms with Crippen molar-refractivity contribution in [2.24, 2.45) is 29.6 Å². The second kappa shape index (κ2) is 12.2. The van der Waals surface area contributed by atoms with Gasteiger partial charge in [0.15, 0.2) is 11.9 Å². The van der Waals surface area contributed by atoms with Crippen LogP contribution in [0.1, 0.15) is 81.6 Å². The molecule has 3 heterocycles. The molecule has 0 aromatic carbocycles. The highest BCUT2D eigenvalue weighted by molar-refractivity contribution is 5.83. The number of esters is 1. The van der Waals surface area contributed by atoms with Gasteiger partial charge in [-0.2, -0.15) is 0 Å². The zero-order valence-electron chi connectivity index (χ0n) is 25.2. The Balaban J connectivity index is 2.04. The Morgan fingerprint density at radius 2 is 1.55 bits per heavy atom. The molecule has 0 bridgehead atoms. The Hall–Kier alpha value is -1.79. The van der Waals surface area contributed by atoms with E-state index < -0.39 is 95.8 Å². The Morgan fingerprint density at radius 3 is 2.12 bits per heavy atom. The highest BCUT2D eigenvalue weighted by atomic mass is 16.8. The number of aliphatic hydroxyl groups excluding tert-OH is 2. The van der Waals surface area contributed by atoms with E-state index in [1.807, 2.05) is 6.92 Å². The zero-order chi connectivity index (χ0) is 30.3. The van der Waals surface area contributed by atoms with Crippen molar-refractivity contribution in [2.75, 3.05) is 0 Å². The zero-order valence-corrected chi connectivity index (χ0v) is 25.2. The van der Waals surface area contributed by atoms with E-state index in [9.17, 15) is 29.7 Å². The molecule has 11 nitrogen and oxygen atoms in total. The van der Waals surface area contributed by atoms with E-state index in [4.69, 9.17) is 23.7 Å². The fourth-order valence-electron chi connectivity index (χ4n) is 6.73. The second-order valence-electron chi connectivity index (χ2n) is 12.8. The first-order valence-electron chi connectivity index (χ1n) is 14.5. The van der Waals surface area contributed by atoms with E-state index in [1.54, 1.807) is 48.5 Å². The van der Waals surface area contributed by atoms with Gasteiger partial charge in [0.25, 0.3) is 0 Å². The van der Waals surface area contributed by atoms with E-state index in [1.165, 1.54) is 6.92 Å². The average molecular weight is 573 g/mol. The Morgan fingerprint density at radius 1 is 0.925 bits per heavy atom. The molecular weight excluding hydrogens is 524 g/mol. The summed E-state index contributed by atoms with van der Waals surface area (Å²) in [4.78, 5) is 39.4. The fraction of sp³-hybridized carbons (Fsp3) is 0.897. The van der Waals surface area contributed by atoms with Gasteiger partial charge >= 0.3 is 12.1 Å². The molecule has 3 aliphatic heterocycles. The molecule has 0 aromatic rings. The summed E-state index contributed by atoms with van der Waals surface area (Å²) in [5.41, 5.74) is -2.73. The first kappa shape index (κ1) is 32.7. The maximum absolute atomic E-state index is 13.6. The summed E-state index contributed by atoms with van der Waals surface area (Å²) < 4.78 is 29.4. The maximum atomic E-state index is 13.6. The van der Waals surface area contributed by atoms with E-state index in [2.05, 4.69) is 0 Å². The van der Waals surface area contributed by atoms with Crippen molar-refractivity contribution in [1.29, 1.82) is 0 Å². The monoisotopic (exact) mass is 572 g/mol. The molecule has 3 aliphatic rings. The summed E-state index contributed by atoms with van der Waals surface area (Å²) in [7, 11) is 0. The van der Waals surface area contributed by atoms with Crippen LogP contribution in [0.4, 0.5) is 4.79 Å². The number of rotatable bonds is 3. The Kier molecular flexibility index (Phi) is 9.99. The van der Waals surface area contributed by atoms with Crippen LogP contribution in [0.5, 0.6) is 0 Å². The van der Waals surface area contributed by atoms with E-state index in [0.29, 0.717) is 6.42 Å². The third-order valence-corrected chi connectivity index (χ3v) is 9.29. The van der Waals surface area contributed by atoms with Crippen LogP contribution in [0.3, 0.4) is 0 Å². The van der Waals surface area contributed by atoms with E-state index in [-0.39, 0.29) is 18.6 Å². The summed E-state index contributed by atoms with van der Waals surface area (Å²) in [6, 6.07) is 0. The third kappa shape index (κ3) is 6.48. The fourth-order valence-corrected chi connectivity index (χ4v) is 6.73. The van der Waals surface area contributed by atoms with Gasteiger partial charge in [0.2, 0.25) is 0 Å². The number of cyclic esters (lactones) is 1. The lowest BCUT2D eigenvalue weighted by atomic mass is 9.75. The van der Waals surface area contributed by atoms with Crippen LogP contribution in [0.15, 0.2) is 0 Å². The molecule has 3 N–H and O–H groups in total. The molecule has 14 atom stereocenters. The van der Waals surface area contributed by atoms with Crippen molar-refractivity contribution in [3.63, 3.8) is 0 Å². The summed E-state index contributed by atoms with van der Waals surface area (Å²) >= 11 is 0. The van der Waals surface area contributed by atoms with Crippen LogP contribution >= 0.6 is 0 Å². The normalized spacial score (nSPS) is 49.4. The first-order chi connectivity index (χ1) is 18.4. The van der Waals surface area contributed by atoms with Crippen molar-refractivity contribution >= 4 is 17.9 Å². The maximum Gasteiger partial charge on any atom is 0.509 e. The molecule has 0 radical (unpaired) electrons. The summed E-state index contributed by atoms with van der Waals surface area (Å²) in [5.74, 6) is -4.14. The number of aliphatic hydroxyl groups is 3. The molecule has 0 spiro atoms. The number of fused-ring (bicyclic) bond motifs is 1. The van der Waals surface area contributed by atoms with Crippen molar-refractivity contribution in [2.45, 2.75) is 136 Å². The molecule has 0 aliphatic carbocycles. The number of ketones is 1. The van der Waals surface area contributed by atoms with Crippen LogP contribution in [-0.2, 0) is 33.3 Å². The predicted octanol–water partition coefficient (Wildman–Crippen LogP) is 2.75. The average Bonchev–Trinajstić information content (AvgIpc) is 3.18. The lowest BCUT2D eigenvalue weighted by Gasteiger charge is -2.45. The number of ether oxygens (including phenoxy) is 5. The van der Waals surface area contributed by atoms with Crippen molar-refractivity contribution in [3.8, 4) is 0 Å². The molecule has 3 fully saturated rings. The second-order valence-corrected chi connectivity index (χ2v) is 12.8. The number of carbonyl (C=O) groups excluding carboxylic acids is 3. The molecule has 0 unspecified atom stereocenters. The molecule has 0 aromatic heterocycles. The van der Waals surface area contributed by atoms with Crippen molar-refractivity contribution in [3.05, 3.63) is 0 Å². The third-order valence-electron chi connectivity index (χ3n) is 9.29. The highest BCUT2D eigenvalue weighted by Crippen LogP contribution is 2.42. The van der Waals surface area contributed by atoms with Gasteiger partial charge in [-0.15, -0.1) is 0 Å². The number of Topliss-reactive ketones (excluding diaryl/α,β-unsaturated/α-hetero) is 1. The highest BCUT2D eigenvalue weighted by Gasteiger charge is 2.56. The summed E-state index contributed by atoms with van der Waals surface area (Å²) in [6.45, 7) is 15.2. The van der Waals surface area contributed by atoms with Crippen LogP contribution in [-0.4, -0.2) is 87.3 Å². The van der Waals surface area contributed by atoms with Gasteiger partial charge in [-0.05, 0) is 34.1 Å². The van der Waals surface area contributed by atoms with Gasteiger partial charge < -0.3 is 39.0 Å². The molecule has 0 amide bonds. The predicted molar refractivity (Wildman–Crippen MR) is 142 cm³/mol. The standard InChI is InChI=1S/C29H48O11/c1-10-19-14(3)22(31)15(4)21(30)13(2)11-29(9)25(39-27(34)40-29)16(5)23(17(6)26(33)37-19)38-20-12-28(8,35)24(32)18(7)36-20/h13-20,22-25,31-32,35H,10-12H2,1-9H3/t13-,14+,15+,16+,17-,18+,19-,20+,22+,23+,24+,25-,28-,29-/m1/s1. The van der Waals surface area contributed by atoms with Crippen LogP contribution in [0, 0.1) is 29.6 Å². The van der Waals surface area contributed by atoms with Gasteiger partial charge in [0, 0.05) is 36.5 Å². The van der Waals surface area contributed by atoms with E-state index >= 15 is 0 Å². The lowest BCUT2D eigenvalue weighted by Crippen LogP contribution is -2.57. The number of hydrogen-bond acceptors (Lipinski definition) is 11. The van der Waals surface area contributed by atoms with E-state index in [0.717, 1.165) is 0 Å². The lowest BCUT2D eigenvalue weighted by molar-refractivity contribution is -0.293. The topological polar surface area (TPSA) is 158 Å². The SMILES string of the molecule is CC[C@H]1OC(=O)[C@H](C)[C@@H](O[C@H]2C[C@@](C)(O)[C@@H](O)[C@H](C)O2)[C@H](C)[C@H]2OC(=O)O[C@]2(C)C[C@@H](C)C(=O)[C@H](C)[C@@H](O)[C@H]1C. The van der Waals surface area contributed by atoms with Crippen LogP contribution < -0.4 is 0 Å². The molecule has 230 valence electrons. The minimum Gasteiger partial charge on any atom is -0.462 e. The molecular formula is C29H48O11.